The maximum Gasteiger partial charge on any atom is 0.326 e. The highest BCUT2D eigenvalue weighted by Gasteiger charge is 2.35. The summed E-state index contributed by atoms with van der Waals surface area (Å²) in [5.74, 6) is -13.9. The second kappa shape index (κ2) is 35.1. The Morgan fingerprint density at radius 2 is 0.918 bits per heavy atom. The van der Waals surface area contributed by atoms with Gasteiger partial charge in [-0.05, 0) is 70.8 Å². The molecule has 31 nitrogen and oxygen atoms in total. The Morgan fingerprint density at radius 1 is 0.507 bits per heavy atom. The van der Waals surface area contributed by atoms with Crippen LogP contribution in [-0.4, -0.2) is 184 Å². The van der Waals surface area contributed by atoms with Crippen LogP contribution in [0.1, 0.15) is 85.0 Å². The lowest BCUT2D eigenvalue weighted by atomic mass is 10.0. The Kier molecular flexibility index (Phi) is 31.7. The summed E-state index contributed by atoms with van der Waals surface area (Å²) >= 11 is 4.12. The van der Waals surface area contributed by atoms with E-state index in [-0.39, 0.29) is 70.1 Å². The Labute approximate surface area is 426 Å². The number of guanidine groups is 2. The number of carbonyl (C=O) groups excluding carboxylic acids is 8. The Morgan fingerprint density at radius 3 is 1.30 bits per heavy atom. The highest BCUT2D eigenvalue weighted by molar-refractivity contribution is 7.80. The number of carboxylic acids is 3. The predicted octanol–water partition coefficient (Wildman–Crippen LogP) is -7.55. The molecule has 0 spiro atoms. The standard InChI is InChI=1S/C41H74N16O15S/c1-19(2)30(57-32(64)21(43)17-58)38(70)50-20(3)31(63)51-22(8-4-5-13-42)33(65)52-23(9-6-14-48-40(44)45)34(66)54-25(11-12-28(59)60)36(68)56-27(18-73)37(69)53-24(10-7-15-49-41(46)47)35(67)55-26(39(71)72)16-29(61)62/h19-27,30,58,73H,4-18,42-43H2,1-3H3,(H,50,70)(H,51,63)(H,52,65)(H,53,69)(H,54,66)(H,55,67)(H,56,68)(H,57,64)(H,59,60)(H,61,62)(H,71,72)(H4,44,45,48)(H4,46,47,49)/t20-,21-,22-,23-,24-,25-,26-,27-,30-/m0/s1. The molecule has 0 aliphatic heterocycles. The van der Waals surface area contributed by atoms with Crippen molar-refractivity contribution in [2.24, 2.45) is 50.3 Å². The molecule has 0 fully saturated rings. The molecule has 414 valence electrons. The molecular weight excluding hydrogens is 989 g/mol. The number of thiol groups is 1. The van der Waals surface area contributed by atoms with Crippen LogP contribution in [0.4, 0.5) is 0 Å². The smallest absolute Gasteiger partial charge is 0.326 e. The van der Waals surface area contributed by atoms with Crippen molar-refractivity contribution in [3.05, 3.63) is 0 Å². The van der Waals surface area contributed by atoms with Crippen molar-refractivity contribution in [1.29, 1.82) is 0 Å². The van der Waals surface area contributed by atoms with Crippen LogP contribution in [0.5, 0.6) is 0 Å². The summed E-state index contributed by atoms with van der Waals surface area (Å²) in [7, 11) is 0. The number of unbranched alkanes of at least 4 members (excludes halogenated alkanes) is 1. The molecule has 24 N–H and O–H groups in total. The van der Waals surface area contributed by atoms with Gasteiger partial charge in [-0.25, -0.2) is 4.79 Å². The second-order valence-corrected chi connectivity index (χ2v) is 17.2. The van der Waals surface area contributed by atoms with Gasteiger partial charge >= 0.3 is 17.9 Å². The highest BCUT2D eigenvalue weighted by atomic mass is 32.1. The summed E-state index contributed by atoms with van der Waals surface area (Å²) in [6, 6.07) is -13.5. The van der Waals surface area contributed by atoms with Crippen LogP contribution < -0.4 is 76.9 Å². The summed E-state index contributed by atoms with van der Waals surface area (Å²) in [5, 5.41) is 56.4. The van der Waals surface area contributed by atoms with Crippen LogP contribution in [0.15, 0.2) is 9.98 Å². The molecule has 0 heterocycles. The van der Waals surface area contributed by atoms with Gasteiger partial charge < -0.3 is 97.4 Å². The molecule has 32 heteroatoms. The molecule has 0 unspecified atom stereocenters. The Balaban J connectivity index is 6.68. The molecule has 0 aliphatic rings. The minimum Gasteiger partial charge on any atom is -0.481 e. The van der Waals surface area contributed by atoms with E-state index in [9.17, 15) is 68.1 Å². The molecule has 0 aromatic carbocycles. The summed E-state index contributed by atoms with van der Waals surface area (Å²) < 4.78 is 0. The molecule has 0 aromatic rings. The third-order valence-corrected chi connectivity index (χ3v) is 10.7. The molecule has 0 aromatic heterocycles. The van der Waals surface area contributed by atoms with Crippen LogP contribution in [0.3, 0.4) is 0 Å². The van der Waals surface area contributed by atoms with Gasteiger partial charge in [0.1, 0.15) is 54.4 Å². The number of nitrogens with one attached hydrogen (secondary N) is 8. The predicted molar refractivity (Wildman–Crippen MR) is 264 cm³/mol. The average molecular weight is 1060 g/mol. The maximum atomic E-state index is 14.1. The number of hydrogen-bond acceptors (Lipinski definition) is 17. The number of aliphatic hydroxyl groups excluding tert-OH is 1. The molecule has 9 atom stereocenters. The van der Waals surface area contributed by atoms with E-state index < -0.39 is 157 Å². The summed E-state index contributed by atoms with van der Waals surface area (Å²) in [4.78, 5) is 150. The van der Waals surface area contributed by atoms with Crippen molar-refractivity contribution in [2.75, 3.05) is 32.0 Å². The number of aliphatic imine (C=N–C) groups is 2. The summed E-state index contributed by atoms with van der Waals surface area (Å²) in [5.41, 5.74) is 32.8. The fourth-order valence-corrected chi connectivity index (χ4v) is 6.57. The average Bonchev–Trinajstić information content (AvgIpc) is 3.31. The fourth-order valence-electron chi connectivity index (χ4n) is 6.32. The highest BCUT2D eigenvalue weighted by Crippen LogP contribution is 2.10. The largest absolute Gasteiger partial charge is 0.481 e. The molecule has 0 saturated carbocycles. The minimum atomic E-state index is -1.91. The first-order valence-corrected chi connectivity index (χ1v) is 23.7. The van der Waals surface area contributed by atoms with E-state index in [1.54, 1.807) is 13.8 Å². The van der Waals surface area contributed by atoms with Crippen molar-refractivity contribution >= 4 is 89.7 Å². The number of carboxylic acid groups (broad SMARTS) is 3. The molecule has 73 heavy (non-hydrogen) atoms. The van der Waals surface area contributed by atoms with Gasteiger partial charge in [-0.15, -0.1) is 0 Å². The number of carbonyl (C=O) groups is 11. The van der Waals surface area contributed by atoms with Gasteiger partial charge in [0, 0.05) is 25.3 Å². The van der Waals surface area contributed by atoms with Crippen molar-refractivity contribution in [3.8, 4) is 0 Å². The van der Waals surface area contributed by atoms with E-state index in [2.05, 4.69) is 59.8 Å². The van der Waals surface area contributed by atoms with Gasteiger partial charge in [0.15, 0.2) is 11.9 Å². The molecule has 0 saturated heterocycles. The van der Waals surface area contributed by atoms with E-state index in [0.29, 0.717) is 6.42 Å². The molecule has 0 radical (unpaired) electrons. The second-order valence-electron chi connectivity index (χ2n) is 16.8. The van der Waals surface area contributed by atoms with Crippen molar-refractivity contribution in [3.63, 3.8) is 0 Å². The van der Waals surface area contributed by atoms with Crippen LogP contribution in [-0.2, 0) is 52.7 Å². The monoisotopic (exact) mass is 1060 g/mol. The lowest BCUT2D eigenvalue weighted by molar-refractivity contribution is -0.147. The summed E-state index contributed by atoms with van der Waals surface area (Å²) in [6.07, 6.45) is -2.01. The molecule has 0 bridgehead atoms. The van der Waals surface area contributed by atoms with Crippen LogP contribution in [0.2, 0.25) is 0 Å². The lowest BCUT2D eigenvalue weighted by Crippen LogP contribution is -2.60. The maximum absolute atomic E-state index is 14.1. The van der Waals surface area contributed by atoms with Gasteiger partial charge in [-0.3, -0.25) is 57.9 Å². The van der Waals surface area contributed by atoms with Crippen LogP contribution in [0.25, 0.3) is 0 Å². The Hall–Kier alpha value is -7.06. The molecule has 0 rings (SSSR count). The van der Waals surface area contributed by atoms with Crippen LogP contribution >= 0.6 is 12.6 Å². The zero-order valence-electron chi connectivity index (χ0n) is 41.0. The Bertz CT molecular complexity index is 1950. The summed E-state index contributed by atoms with van der Waals surface area (Å²) in [6.45, 7) is 3.93. The van der Waals surface area contributed by atoms with Gasteiger partial charge in [-0.2, -0.15) is 12.6 Å². The van der Waals surface area contributed by atoms with Crippen molar-refractivity contribution < 1.29 is 73.2 Å². The van der Waals surface area contributed by atoms with E-state index in [1.165, 1.54) is 6.92 Å². The van der Waals surface area contributed by atoms with Gasteiger partial charge in [0.25, 0.3) is 0 Å². The zero-order valence-corrected chi connectivity index (χ0v) is 41.9. The quantitative estimate of drug-likeness (QED) is 0.0119. The van der Waals surface area contributed by atoms with Gasteiger partial charge in [0.2, 0.25) is 47.3 Å². The van der Waals surface area contributed by atoms with Crippen molar-refractivity contribution in [1.82, 2.24) is 42.5 Å². The third kappa shape index (κ3) is 27.4. The first kappa shape index (κ1) is 65.9. The molecular formula is C41H74N16O15S. The normalized spacial score (nSPS) is 14.6. The number of nitrogens with zero attached hydrogens (tertiary/aromatic N) is 2. The zero-order chi connectivity index (χ0) is 56.0. The molecule has 0 aliphatic carbocycles. The van der Waals surface area contributed by atoms with E-state index >= 15 is 0 Å². The van der Waals surface area contributed by atoms with Crippen LogP contribution in [0, 0.1) is 5.92 Å². The van der Waals surface area contributed by atoms with Gasteiger partial charge in [0.05, 0.1) is 13.0 Å². The topological polar surface area (TPSA) is 546 Å². The fraction of sp³-hybridized carbons (Fsp3) is 0.683. The third-order valence-electron chi connectivity index (χ3n) is 10.4. The number of rotatable bonds is 37. The SMILES string of the molecule is CC(C)[C@H](NC(=O)[C@@H](N)CO)C(=O)N[C@@H](C)C(=O)N[C@@H](CCCCN)C(=O)N[C@@H](CCCN=C(N)N)C(=O)N[C@@H](CCC(=O)O)C(=O)N[C@@H](CS)C(=O)N[C@@H](CCCN=C(N)N)C(=O)N[C@@H](CC(=O)O)C(=O)O. The first-order valence-electron chi connectivity index (χ1n) is 23.1. The van der Waals surface area contributed by atoms with Gasteiger partial charge in [-0.1, -0.05) is 13.8 Å². The number of aliphatic hydroxyl groups is 1. The number of hydrogen-bond donors (Lipinski definition) is 19. The van der Waals surface area contributed by atoms with E-state index in [1.807, 2.05) is 5.32 Å². The molecule has 8 amide bonds. The van der Waals surface area contributed by atoms with E-state index in [0.717, 1.165) is 0 Å². The van der Waals surface area contributed by atoms with Crippen molar-refractivity contribution in [2.45, 2.75) is 139 Å². The lowest BCUT2D eigenvalue weighted by Gasteiger charge is -2.28. The number of nitrogens with two attached hydrogens (primary N) is 6. The first-order chi connectivity index (χ1) is 34.2. The number of aliphatic carboxylic acids is 3. The minimum absolute atomic E-state index is 0.0281. The number of amides is 8. The van der Waals surface area contributed by atoms with E-state index in [4.69, 9.17) is 39.5 Å².